The quantitative estimate of drug-likeness (QED) is 0.388. The molecular formula is C19H33N5O2. The molecule has 1 aromatic rings. The molecule has 0 spiro atoms. The maximum Gasteiger partial charge on any atom is 0.191 e. The van der Waals surface area contributed by atoms with Gasteiger partial charge in [-0.05, 0) is 37.2 Å². The summed E-state index contributed by atoms with van der Waals surface area (Å²) in [7, 11) is 5.19. The molecule has 2 rings (SSSR count). The fourth-order valence-electron chi connectivity index (χ4n) is 3.02. The molecule has 1 saturated heterocycles. The van der Waals surface area contributed by atoms with Gasteiger partial charge in [0, 0.05) is 59.1 Å². The second-order valence-corrected chi connectivity index (χ2v) is 6.30. The Hall–Kier alpha value is -1.99. The highest BCUT2D eigenvalue weighted by molar-refractivity contribution is 5.79. The molecule has 0 radical (unpaired) electrons. The smallest absolute Gasteiger partial charge is 0.191 e. The standard InChI is InChI=1S/C19H33N5O2/c1-20-19(22-10-16-25-2)21-9-4-11-23-12-14-24(15-13-23)17-5-7-18(26-3)8-6-17/h5-8H,4,9-16H2,1-3H3,(H2,20,21,22). The number of anilines is 1. The minimum atomic E-state index is 0.680. The third-order valence-corrected chi connectivity index (χ3v) is 4.58. The van der Waals surface area contributed by atoms with E-state index in [0.717, 1.165) is 63.9 Å². The van der Waals surface area contributed by atoms with Crippen LogP contribution in [0.3, 0.4) is 0 Å². The van der Waals surface area contributed by atoms with Crippen molar-refractivity contribution in [2.75, 3.05) is 78.6 Å². The van der Waals surface area contributed by atoms with Crippen molar-refractivity contribution >= 4 is 11.6 Å². The molecule has 1 heterocycles. The van der Waals surface area contributed by atoms with E-state index >= 15 is 0 Å². The summed E-state index contributed by atoms with van der Waals surface area (Å²) in [6.07, 6.45) is 1.10. The molecule has 0 unspecified atom stereocenters. The number of nitrogens with zero attached hydrogens (tertiary/aromatic N) is 3. The molecule has 1 aliphatic rings. The average Bonchev–Trinajstić information content (AvgIpc) is 2.70. The number of aliphatic imine (C=N–C) groups is 1. The zero-order valence-electron chi connectivity index (χ0n) is 16.3. The van der Waals surface area contributed by atoms with E-state index in [1.165, 1.54) is 5.69 Å². The Bertz CT molecular complexity index is 527. The molecule has 0 amide bonds. The van der Waals surface area contributed by atoms with E-state index in [1.54, 1.807) is 21.3 Å². The van der Waals surface area contributed by atoms with Crippen molar-refractivity contribution in [1.82, 2.24) is 15.5 Å². The lowest BCUT2D eigenvalue weighted by molar-refractivity contribution is 0.203. The number of rotatable bonds is 9. The molecule has 0 aromatic heterocycles. The van der Waals surface area contributed by atoms with Gasteiger partial charge in [0.1, 0.15) is 5.75 Å². The maximum absolute atomic E-state index is 5.23. The molecule has 0 aliphatic carbocycles. The molecule has 26 heavy (non-hydrogen) atoms. The van der Waals surface area contributed by atoms with Gasteiger partial charge in [-0.15, -0.1) is 0 Å². The predicted octanol–water partition coefficient (Wildman–Crippen LogP) is 1.02. The van der Waals surface area contributed by atoms with Gasteiger partial charge in [0.2, 0.25) is 0 Å². The Morgan fingerprint density at radius 1 is 1.04 bits per heavy atom. The van der Waals surface area contributed by atoms with E-state index in [1.807, 2.05) is 12.1 Å². The van der Waals surface area contributed by atoms with Gasteiger partial charge in [-0.1, -0.05) is 0 Å². The van der Waals surface area contributed by atoms with Crippen LogP contribution in [-0.4, -0.2) is 84.5 Å². The summed E-state index contributed by atoms with van der Waals surface area (Å²) in [4.78, 5) is 9.18. The molecular weight excluding hydrogens is 330 g/mol. The number of nitrogens with one attached hydrogen (secondary N) is 2. The van der Waals surface area contributed by atoms with Gasteiger partial charge in [0.15, 0.2) is 5.96 Å². The van der Waals surface area contributed by atoms with Crippen molar-refractivity contribution in [3.8, 4) is 5.75 Å². The van der Waals surface area contributed by atoms with E-state index in [2.05, 4.69) is 37.6 Å². The number of piperazine rings is 1. The highest BCUT2D eigenvalue weighted by Gasteiger charge is 2.16. The topological polar surface area (TPSA) is 61.4 Å². The van der Waals surface area contributed by atoms with Gasteiger partial charge in [0.25, 0.3) is 0 Å². The molecule has 7 nitrogen and oxygen atoms in total. The number of hydrogen-bond donors (Lipinski definition) is 2. The molecule has 146 valence electrons. The van der Waals surface area contributed by atoms with E-state index in [0.29, 0.717) is 6.61 Å². The summed E-state index contributed by atoms with van der Waals surface area (Å²) in [5.74, 6) is 1.75. The zero-order chi connectivity index (χ0) is 18.6. The van der Waals surface area contributed by atoms with Gasteiger partial charge in [-0.2, -0.15) is 0 Å². The molecule has 1 aromatic carbocycles. The maximum atomic E-state index is 5.23. The predicted molar refractivity (Wildman–Crippen MR) is 108 cm³/mol. The summed E-state index contributed by atoms with van der Waals surface area (Å²) >= 11 is 0. The van der Waals surface area contributed by atoms with Crippen molar-refractivity contribution in [3.05, 3.63) is 24.3 Å². The summed E-state index contributed by atoms with van der Waals surface area (Å²) in [5.41, 5.74) is 1.28. The van der Waals surface area contributed by atoms with Crippen LogP contribution >= 0.6 is 0 Å². The van der Waals surface area contributed by atoms with Crippen LogP contribution in [-0.2, 0) is 4.74 Å². The molecule has 0 bridgehead atoms. The van der Waals surface area contributed by atoms with E-state index in [9.17, 15) is 0 Å². The Balaban J connectivity index is 1.61. The number of guanidine groups is 1. The monoisotopic (exact) mass is 363 g/mol. The van der Waals surface area contributed by atoms with Crippen molar-refractivity contribution < 1.29 is 9.47 Å². The van der Waals surface area contributed by atoms with Gasteiger partial charge in [0.05, 0.1) is 13.7 Å². The normalized spacial score (nSPS) is 15.8. The summed E-state index contributed by atoms with van der Waals surface area (Å²) in [6, 6.07) is 8.34. The molecule has 1 aliphatic heterocycles. The van der Waals surface area contributed by atoms with Crippen molar-refractivity contribution in [2.24, 2.45) is 4.99 Å². The zero-order valence-corrected chi connectivity index (χ0v) is 16.3. The van der Waals surface area contributed by atoms with Crippen LogP contribution in [0.4, 0.5) is 5.69 Å². The van der Waals surface area contributed by atoms with Crippen molar-refractivity contribution in [1.29, 1.82) is 0 Å². The van der Waals surface area contributed by atoms with Crippen LogP contribution in [0.2, 0.25) is 0 Å². The second kappa shape index (κ2) is 11.6. The molecule has 0 saturated carbocycles. The summed E-state index contributed by atoms with van der Waals surface area (Å²) in [5, 5.41) is 6.57. The van der Waals surface area contributed by atoms with Crippen LogP contribution in [0.1, 0.15) is 6.42 Å². The van der Waals surface area contributed by atoms with E-state index in [-0.39, 0.29) is 0 Å². The minimum absolute atomic E-state index is 0.680. The van der Waals surface area contributed by atoms with Crippen LogP contribution < -0.4 is 20.3 Å². The molecule has 1 fully saturated rings. The lowest BCUT2D eigenvalue weighted by Gasteiger charge is -2.36. The van der Waals surface area contributed by atoms with Crippen LogP contribution in [0.25, 0.3) is 0 Å². The highest BCUT2D eigenvalue weighted by atomic mass is 16.5. The Morgan fingerprint density at radius 3 is 2.35 bits per heavy atom. The van der Waals surface area contributed by atoms with Gasteiger partial charge in [-0.25, -0.2) is 0 Å². The highest BCUT2D eigenvalue weighted by Crippen LogP contribution is 2.20. The fraction of sp³-hybridized carbons (Fsp3) is 0.632. The third-order valence-electron chi connectivity index (χ3n) is 4.58. The SMILES string of the molecule is CN=C(NCCCN1CCN(c2ccc(OC)cc2)CC1)NCCOC. The number of ether oxygens (including phenoxy) is 2. The molecule has 0 atom stereocenters. The number of methoxy groups -OCH3 is 2. The first-order chi connectivity index (χ1) is 12.8. The van der Waals surface area contributed by atoms with E-state index < -0.39 is 0 Å². The molecule has 2 N–H and O–H groups in total. The van der Waals surface area contributed by atoms with Crippen molar-refractivity contribution in [2.45, 2.75) is 6.42 Å². The lowest BCUT2D eigenvalue weighted by atomic mass is 10.2. The molecule has 7 heteroatoms. The van der Waals surface area contributed by atoms with Gasteiger partial charge in [-0.3, -0.25) is 9.89 Å². The third kappa shape index (κ3) is 6.72. The van der Waals surface area contributed by atoms with E-state index in [4.69, 9.17) is 9.47 Å². The first-order valence-electron chi connectivity index (χ1n) is 9.31. The number of benzene rings is 1. The first-order valence-corrected chi connectivity index (χ1v) is 9.31. The average molecular weight is 364 g/mol. The largest absolute Gasteiger partial charge is 0.497 e. The summed E-state index contributed by atoms with van der Waals surface area (Å²) < 4.78 is 10.3. The van der Waals surface area contributed by atoms with Gasteiger partial charge >= 0.3 is 0 Å². The number of hydrogen-bond acceptors (Lipinski definition) is 5. The Morgan fingerprint density at radius 2 is 1.73 bits per heavy atom. The van der Waals surface area contributed by atoms with Crippen LogP contribution in [0, 0.1) is 0 Å². The van der Waals surface area contributed by atoms with Gasteiger partial charge < -0.3 is 25.0 Å². The Labute approximate surface area is 157 Å². The summed E-state index contributed by atoms with van der Waals surface area (Å²) in [6.45, 7) is 7.83. The first kappa shape index (κ1) is 20.3. The minimum Gasteiger partial charge on any atom is -0.497 e. The van der Waals surface area contributed by atoms with Crippen LogP contribution in [0.15, 0.2) is 29.3 Å². The van der Waals surface area contributed by atoms with Crippen molar-refractivity contribution in [3.63, 3.8) is 0 Å². The Kier molecular flexibility index (Phi) is 9.06. The van der Waals surface area contributed by atoms with Crippen LogP contribution in [0.5, 0.6) is 5.75 Å². The fourth-order valence-corrected chi connectivity index (χ4v) is 3.02. The lowest BCUT2D eigenvalue weighted by Crippen LogP contribution is -2.47. The second-order valence-electron chi connectivity index (χ2n) is 6.30.